The number of halogens is 4. The molecule has 1 rings (SSSR count). The van der Waals surface area contributed by atoms with E-state index in [1.54, 1.807) is 7.05 Å². The topological polar surface area (TPSA) is 70.2 Å². The van der Waals surface area contributed by atoms with Gasteiger partial charge in [-0.05, 0) is 26.8 Å². The second kappa shape index (κ2) is 7.68. The van der Waals surface area contributed by atoms with Crippen molar-refractivity contribution in [2.45, 2.75) is 38.0 Å². The molecular weight excluding hydrogens is 299 g/mol. The van der Waals surface area contributed by atoms with Crippen LogP contribution in [0.2, 0.25) is 0 Å². The zero-order valence-corrected chi connectivity index (χ0v) is 12.0. The zero-order valence-electron chi connectivity index (χ0n) is 11.2. The van der Waals surface area contributed by atoms with Gasteiger partial charge >= 0.3 is 6.18 Å². The lowest BCUT2D eigenvalue weighted by atomic mass is 9.93. The van der Waals surface area contributed by atoms with Crippen molar-refractivity contribution in [2.75, 3.05) is 13.6 Å². The van der Waals surface area contributed by atoms with Crippen LogP contribution in [0.25, 0.3) is 0 Å². The van der Waals surface area contributed by atoms with E-state index in [0.717, 1.165) is 0 Å². The molecule has 3 N–H and O–H groups in total. The number of amides is 2. The van der Waals surface area contributed by atoms with Crippen molar-refractivity contribution in [1.29, 1.82) is 0 Å². The van der Waals surface area contributed by atoms with Crippen LogP contribution in [0.4, 0.5) is 13.2 Å². The van der Waals surface area contributed by atoms with Gasteiger partial charge < -0.3 is 16.0 Å². The summed E-state index contributed by atoms with van der Waals surface area (Å²) in [6, 6.07) is -1.82. The van der Waals surface area contributed by atoms with Crippen LogP contribution in [-0.2, 0) is 9.59 Å². The van der Waals surface area contributed by atoms with Gasteiger partial charge in [0.2, 0.25) is 11.8 Å². The number of rotatable bonds is 4. The van der Waals surface area contributed by atoms with Crippen molar-refractivity contribution in [3.05, 3.63) is 0 Å². The Kier molecular flexibility index (Phi) is 7.29. The van der Waals surface area contributed by atoms with Gasteiger partial charge in [-0.2, -0.15) is 13.2 Å². The van der Waals surface area contributed by atoms with Gasteiger partial charge in [-0.3, -0.25) is 9.59 Å². The van der Waals surface area contributed by atoms with Gasteiger partial charge in [0.05, 0.1) is 0 Å². The van der Waals surface area contributed by atoms with E-state index in [9.17, 15) is 22.8 Å². The standard InChI is InChI=1S/C11H18F3N3O2.ClH/c1-6(15-2)5-16-9(18)7-3-4-8(11(12,13)14)17-10(7)19;/h6-8,15H,3-5H2,1-2H3,(H,16,18)(H,17,19);1H. The van der Waals surface area contributed by atoms with E-state index in [-0.39, 0.29) is 31.3 Å². The molecule has 0 bridgehead atoms. The number of carbonyl (C=O) groups is 2. The molecule has 20 heavy (non-hydrogen) atoms. The van der Waals surface area contributed by atoms with Crippen LogP contribution in [0.1, 0.15) is 19.8 Å². The van der Waals surface area contributed by atoms with Crippen molar-refractivity contribution in [3.8, 4) is 0 Å². The van der Waals surface area contributed by atoms with Crippen LogP contribution < -0.4 is 16.0 Å². The number of likely N-dealkylation sites (N-methyl/N-ethyl adjacent to an activating group) is 1. The Hall–Kier alpha value is -1.02. The van der Waals surface area contributed by atoms with Gasteiger partial charge in [-0.15, -0.1) is 12.4 Å². The smallest absolute Gasteiger partial charge is 0.354 e. The van der Waals surface area contributed by atoms with Crippen molar-refractivity contribution in [2.24, 2.45) is 5.92 Å². The van der Waals surface area contributed by atoms with Gasteiger partial charge in [-0.25, -0.2) is 0 Å². The Balaban J connectivity index is 0.00000361. The van der Waals surface area contributed by atoms with E-state index in [4.69, 9.17) is 0 Å². The maximum atomic E-state index is 12.4. The third-order valence-electron chi connectivity index (χ3n) is 3.16. The first kappa shape index (κ1) is 19.0. The lowest BCUT2D eigenvalue weighted by Crippen LogP contribution is -2.55. The predicted molar refractivity (Wildman–Crippen MR) is 69.5 cm³/mol. The first-order chi connectivity index (χ1) is 8.75. The quantitative estimate of drug-likeness (QED) is 0.665. The average Bonchev–Trinajstić information content (AvgIpc) is 2.34. The van der Waals surface area contributed by atoms with Crippen molar-refractivity contribution in [3.63, 3.8) is 0 Å². The van der Waals surface area contributed by atoms with E-state index < -0.39 is 30.0 Å². The maximum Gasteiger partial charge on any atom is 0.408 e. The summed E-state index contributed by atoms with van der Waals surface area (Å²) < 4.78 is 37.3. The molecule has 0 aliphatic carbocycles. The molecule has 9 heteroatoms. The molecule has 1 aliphatic heterocycles. The van der Waals surface area contributed by atoms with E-state index in [0.29, 0.717) is 6.54 Å². The number of piperidine rings is 1. The van der Waals surface area contributed by atoms with Crippen LogP contribution in [0.3, 0.4) is 0 Å². The van der Waals surface area contributed by atoms with E-state index in [1.807, 2.05) is 12.2 Å². The minimum atomic E-state index is -4.46. The summed E-state index contributed by atoms with van der Waals surface area (Å²) in [6.45, 7) is 2.16. The first-order valence-corrected chi connectivity index (χ1v) is 6.07. The number of alkyl halides is 3. The number of hydrogen-bond acceptors (Lipinski definition) is 3. The summed E-state index contributed by atoms with van der Waals surface area (Å²) in [5, 5.41) is 7.29. The molecule has 0 aromatic carbocycles. The van der Waals surface area contributed by atoms with Crippen LogP contribution in [0.15, 0.2) is 0 Å². The molecule has 2 amide bonds. The van der Waals surface area contributed by atoms with Crippen LogP contribution >= 0.6 is 12.4 Å². The molecule has 1 fully saturated rings. The highest BCUT2D eigenvalue weighted by atomic mass is 35.5. The highest BCUT2D eigenvalue weighted by molar-refractivity contribution is 6.00. The van der Waals surface area contributed by atoms with Gasteiger partial charge in [0.1, 0.15) is 12.0 Å². The molecule has 3 atom stereocenters. The number of nitrogens with one attached hydrogen (secondary N) is 3. The van der Waals surface area contributed by atoms with Crippen LogP contribution in [0.5, 0.6) is 0 Å². The molecule has 118 valence electrons. The molecule has 0 aromatic rings. The molecule has 0 spiro atoms. The van der Waals surface area contributed by atoms with E-state index in [2.05, 4.69) is 10.6 Å². The maximum absolute atomic E-state index is 12.4. The third kappa shape index (κ3) is 5.16. The molecule has 1 aliphatic rings. The second-order valence-corrected chi connectivity index (χ2v) is 4.67. The fourth-order valence-electron chi connectivity index (χ4n) is 1.78. The molecule has 3 unspecified atom stereocenters. The SMILES string of the molecule is CNC(C)CNC(=O)C1CCC(C(F)(F)F)NC1=O.Cl. The predicted octanol–water partition coefficient (Wildman–Crippen LogP) is 0.589. The Labute approximate surface area is 121 Å². The highest BCUT2D eigenvalue weighted by Crippen LogP contribution is 2.28. The van der Waals surface area contributed by atoms with Gasteiger partial charge in [0, 0.05) is 12.6 Å². The third-order valence-corrected chi connectivity index (χ3v) is 3.16. The van der Waals surface area contributed by atoms with Gasteiger partial charge in [0.25, 0.3) is 0 Å². The first-order valence-electron chi connectivity index (χ1n) is 6.07. The minimum absolute atomic E-state index is 0. The second-order valence-electron chi connectivity index (χ2n) is 4.67. The molecule has 0 aromatic heterocycles. The summed E-state index contributed by atoms with van der Waals surface area (Å²) in [7, 11) is 1.72. The molecule has 0 radical (unpaired) electrons. The lowest BCUT2D eigenvalue weighted by Gasteiger charge is -2.30. The van der Waals surface area contributed by atoms with E-state index >= 15 is 0 Å². The number of carbonyl (C=O) groups excluding carboxylic acids is 2. The summed E-state index contributed by atoms with van der Waals surface area (Å²) in [5.74, 6) is -2.42. The molecule has 1 saturated heterocycles. The molecular formula is C11H19ClF3N3O2. The summed E-state index contributed by atoms with van der Waals surface area (Å²) in [6.07, 6.45) is -4.82. The monoisotopic (exact) mass is 317 g/mol. The molecule has 0 saturated carbocycles. The summed E-state index contributed by atoms with van der Waals surface area (Å²) in [5.41, 5.74) is 0. The average molecular weight is 318 g/mol. The summed E-state index contributed by atoms with van der Waals surface area (Å²) >= 11 is 0. The Morgan fingerprint density at radius 3 is 2.50 bits per heavy atom. The minimum Gasteiger partial charge on any atom is -0.354 e. The zero-order chi connectivity index (χ0) is 14.6. The van der Waals surface area contributed by atoms with Gasteiger partial charge in [-0.1, -0.05) is 0 Å². The van der Waals surface area contributed by atoms with E-state index in [1.165, 1.54) is 0 Å². The largest absolute Gasteiger partial charge is 0.408 e. The molecule has 1 heterocycles. The Morgan fingerprint density at radius 1 is 1.45 bits per heavy atom. The Bertz CT molecular complexity index is 352. The van der Waals surface area contributed by atoms with Crippen LogP contribution in [0, 0.1) is 5.92 Å². The fraction of sp³-hybridized carbons (Fsp3) is 0.818. The normalized spacial score (nSPS) is 24.4. The Morgan fingerprint density at radius 2 is 2.05 bits per heavy atom. The van der Waals surface area contributed by atoms with Crippen molar-refractivity contribution in [1.82, 2.24) is 16.0 Å². The van der Waals surface area contributed by atoms with Crippen molar-refractivity contribution >= 4 is 24.2 Å². The fourth-order valence-corrected chi connectivity index (χ4v) is 1.78. The van der Waals surface area contributed by atoms with Gasteiger partial charge in [0.15, 0.2) is 0 Å². The summed E-state index contributed by atoms with van der Waals surface area (Å²) in [4.78, 5) is 23.2. The van der Waals surface area contributed by atoms with Crippen LogP contribution in [-0.4, -0.2) is 43.7 Å². The van der Waals surface area contributed by atoms with Crippen molar-refractivity contribution < 1.29 is 22.8 Å². The number of hydrogen-bond donors (Lipinski definition) is 3. The lowest BCUT2D eigenvalue weighted by molar-refractivity contribution is -0.171. The highest BCUT2D eigenvalue weighted by Gasteiger charge is 2.45. The molecule has 5 nitrogen and oxygen atoms in total.